The highest BCUT2D eigenvalue weighted by atomic mass is 35.5. The molecule has 37 heavy (non-hydrogen) atoms. The monoisotopic (exact) mass is 539 g/mol. The summed E-state index contributed by atoms with van der Waals surface area (Å²) in [6, 6.07) is 10.7. The Morgan fingerprint density at radius 3 is 2.49 bits per heavy atom. The summed E-state index contributed by atoms with van der Waals surface area (Å²) in [6.07, 6.45) is 0.570. The van der Waals surface area contributed by atoms with E-state index in [4.69, 9.17) is 11.6 Å². The van der Waals surface area contributed by atoms with Gasteiger partial charge in [-0.05, 0) is 78.2 Å². The third-order valence-electron chi connectivity index (χ3n) is 6.41. The van der Waals surface area contributed by atoms with Gasteiger partial charge in [0, 0.05) is 35.8 Å². The molecule has 0 saturated heterocycles. The molecule has 1 atom stereocenters. The number of hydrogen-bond donors (Lipinski definition) is 3. The summed E-state index contributed by atoms with van der Waals surface area (Å²) in [6.45, 7) is 4.28. The number of benzene rings is 2. The van der Waals surface area contributed by atoms with E-state index in [1.165, 1.54) is 11.3 Å². The molecule has 0 radical (unpaired) electrons. The molecule has 3 amide bonds. The number of aliphatic carboxylic acids is 1. The average Bonchev–Trinajstić information content (AvgIpc) is 3.41. The predicted molar refractivity (Wildman–Crippen MR) is 141 cm³/mol. The van der Waals surface area contributed by atoms with Gasteiger partial charge in [-0.2, -0.15) is 0 Å². The number of carboxylic acids is 1. The van der Waals surface area contributed by atoms with Gasteiger partial charge in [0.1, 0.15) is 6.04 Å². The minimum Gasteiger partial charge on any atom is -0.480 e. The van der Waals surface area contributed by atoms with E-state index in [1.54, 1.807) is 53.6 Å². The van der Waals surface area contributed by atoms with Gasteiger partial charge in [-0.25, -0.2) is 4.79 Å². The van der Waals surface area contributed by atoms with Crippen LogP contribution in [0.3, 0.4) is 0 Å². The second-order valence-corrected chi connectivity index (χ2v) is 10.3. The van der Waals surface area contributed by atoms with Gasteiger partial charge in [0.25, 0.3) is 17.7 Å². The Hall–Kier alpha value is -3.69. The number of carbonyl (C=O) groups is 4. The molecule has 0 bridgehead atoms. The number of aryl methyl sites for hydroxylation is 1. The number of carboxylic acid groups (broad SMARTS) is 1. The van der Waals surface area contributed by atoms with Crippen molar-refractivity contribution in [1.82, 2.24) is 15.5 Å². The van der Waals surface area contributed by atoms with Gasteiger partial charge in [0.05, 0.1) is 4.88 Å². The van der Waals surface area contributed by atoms with Gasteiger partial charge in [-0.1, -0.05) is 23.7 Å². The van der Waals surface area contributed by atoms with Gasteiger partial charge >= 0.3 is 5.97 Å². The van der Waals surface area contributed by atoms with Crippen molar-refractivity contribution >= 4 is 46.6 Å². The summed E-state index contributed by atoms with van der Waals surface area (Å²) in [5, 5.41) is 17.1. The molecule has 4 rings (SSSR count). The van der Waals surface area contributed by atoms with Crippen LogP contribution in [0, 0.1) is 13.8 Å². The Balaban J connectivity index is 1.48. The Kier molecular flexibility index (Phi) is 7.94. The van der Waals surface area contributed by atoms with E-state index < -0.39 is 23.8 Å². The fourth-order valence-corrected chi connectivity index (χ4v) is 5.31. The van der Waals surface area contributed by atoms with Crippen LogP contribution in [0.2, 0.25) is 5.02 Å². The highest BCUT2D eigenvalue weighted by Gasteiger charge is 2.28. The third-order valence-corrected chi connectivity index (χ3v) is 7.53. The number of fused-ring (bicyclic) bond motifs is 1. The van der Waals surface area contributed by atoms with Crippen molar-refractivity contribution in [3.8, 4) is 0 Å². The highest BCUT2D eigenvalue weighted by molar-refractivity contribution is 7.12. The van der Waals surface area contributed by atoms with Crippen molar-refractivity contribution in [1.29, 1.82) is 0 Å². The first-order valence-corrected chi connectivity index (χ1v) is 12.9. The van der Waals surface area contributed by atoms with Crippen molar-refractivity contribution in [2.75, 3.05) is 13.1 Å². The van der Waals surface area contributed by atoms with Gasteiger partial charge in [0.15, 0.2) is 0 Å². The van der Waals surface area contributed by atoms with E-state index in [1.807, 2.05) is 13.0 Å². The Labute approximate surface area is 223 Å². The molecule has 1 aliphatic heterocycles. The normalized spacial score (nSPS) is 13.4. The largest absolute Gasteiger partial charge is 0.480 e. The molecule has 3 aromatic rings. The summed E-state index contributed by atoms with van der Waals surface area (Å²) >= 11 is 7.18. The minimum absolute atomic E-state index is 0.0895. The molecule has 1 aliphatic rings. The fourth-order valence-electron chi connectivity index (χ4n) is 4.55. The van der Waals surface area contributed by atoms with E-state index in [-0.39, 0.29) is 12.5 Å². The standard InChI is InChI=1S/C27H26ClN3O5S/c1-15-12-18-14-31(26(34)17-5-7-19(28)8-6-17)10-9-20(18)16(2)23(15)25(33)30-21(27(35)36)13-29-24(32)22-4-3-11-37-22/h3-8,11-12,21H,9-10,13-14H2,1-2H3,(H,29,32)(H,30,33)(H,35,36). The van der Waals surface area contributed by atoms with Crippen LogP contribution in [0.5, 0.6) is 0 Å². The zero-order valence-electron chi connectivity index (χ0n) is 20.3. The first kappa shape index (κ1) is 26.4. The van der Waals surface area contributed by atoms with Crippen LogP contribution in [0.15, 0.2) is 47.8 Å². The second kappa shape index (κ2) is 11.1. The number of nitrogens with zero attached hydrogens (tertiary/aromatic N) is 1. The molecule has 1 unspecified atom stereocenters. The average molecular weight is 540 g/mol. The summed E-state index contributed by atoms with van der Waals surface area (Å²) < 4.78 is 0. The van der Waals surface area contributed by atoms with E-state index in [0.29, 0.717) is 46.1 Å². The van der Waals surface area contributed by atoms with Crippen LogP contribution < -0.4 is 10.6 Å². The van der Waals surface area contributed by atoms with Crippen LogP contribution in [0.25, 0.3) is 0 Å². The summed E-state index contributed by atoms with van der Waals surface area (Å²) in [4.78, 5) is 52.4. The van der Waals surface area contributed by atoms with Gasteiger partial charge in [0.2, 0.25) is 0 Å². The number of thiophene rings is 1. The van der Waals surface area contributed by atoms with Crippen LogP contribution in [0.4, 0.5) is 0 Å². The van der Waals surface area contributed by atoms with Gasteiger partial charge < -0.3 is 20.6 Å². The number of hydrogen-bond acceptors (Lipinski definition) is 5. The van der Waals surface area contributed by atoms with Gasteiger partial charge in [-0.3, -0.25) is 14.4 Å². The first-order chi connectivity index (χ1) is 17.7. The van der Waals surface area contributed by atoms with Gasteiger partial charge in [-0.15, -0.1) is 11.3 Å². The Morgan fingerprint density at radius 1 is 1.11 bits per heavy atom. The lowest BCUT2D eigenvalue weighted by Gasteiger charge is -2.31. The van der Waals surface area contributed by atoms with Crippen molar-refractivity contribution in [2.24, 2.45) is 0 Å². The Morgan fingerprint density at radius 2 is 1.84 bits per heavy atom. The molecule has 10 heteroatoms. The van der Waals surface area contributed by atoms with Crippen molar-refractivity contribution in [2.45, 2.75) is 32.9 Å². The summed E-state index contributed by atoms with van der Waals surface area (Å²) in [7, 11) is 0. The fraction of sp³-hybridized carbons (Fsp3) is 0.259. The molecule has 0 spiro atoms. The quantitative estimate of drug-likeness (QED) is 0.422. The van der Waals surface area contributed by atoms with E-state index in [0.717, 1.165) is 16.7 Å². The van der Waals surface area contributed by atoms with E-state index in [2.05, 4.69) is 10.6 Å². The number of amides is 3. The zero-order chi connectivity index (χ0) is 26.7. The summed E-state index contributed by atoms with van der Waals surface area (Å²) in [5.74, 6) is -2.25. The Bertz CT molecular complexity index is 1360. The molecular formula is C27H26ClN3O5S. The van der Waals surface area contributed by atoms with E-state index in [9.17, 15) is 24.3 Å². The topological polar surface area (TPSA) is 116 Å². The second-order valence-electron chi connectivity index (χ2n) is 8.87. The van der Waals surface area contributed by atoms with Crippen LogP contribution in [-0.4, -0.2) is 52.8 Å². The molecule has 1 aromatic heterocycles. The smallest absolute Gasteiger partial charge is 0.328 e. The number of rotatable bonds is 7. The van der Waals surface area contributed by atoms with Crippen LogP contribution in [0.1, 0.15) is 52.6 Å². The maximum atomic E-state index is 13.2. The molecule has 8 nitrogen and oxygen atoms in total. The van der Waals surface area contributed by atoms with Crippen LogP contribution >= 0.6 is 22.9 Å². The van der Waals surface area contributed by atoms with Crippen LogP contribution in [-0.2, 0) is 17.8 Å². The molecule has 2 heterocycles. The lowest BCUT2D eigenvalue weighted by Crippen LogP contribution is -2.48. The summed E-state index contributed by atoms with van der Waals surface area (Å²) in [5.41, 5.74) is 4.35. The minimum atomic E-state index is -1.29. The third kappa shape index (κ3) is 5.84. The number of carbonyl (C=O) groups excluding carboxylic acids is 3. The predicted octanol–water partition coefficient (Wildman–Crippen LogP) is 3.83. The molecule has 192 valence electrons. The molecule has 3 N–H and O–H groups in total. The van der Waals surface area contributed by atoms with Crippen molar-refractivity contribution < 1.29 is 24.3 Å². The maximum Gasteiger partial charge on any atom is 0.328 e. The molecule has 0 aliphatic carbocycles. The van der Waals surface area contributed by atoms with E-state index >= 15 is 0 Å². The lowest BCUT2D eigenvalue weighted by molar-refractivity contribution is -0.139. The SMILES string of the molecule is Cc1cc2c(c(C)c1C(=O)NC(CNC(=O)c1cccs1)C(=O)O)CCN(C(=O)c1ccc(Cl)cc1)C2. The number of halogens is 1. The maximum absolute atomic E-state index is 13.2. The first-order valence-electron chi connectivity index (χ1n) is 11.7. The number of nitrogens with one attached hydrogen (secondary N) is 2. The highest BCUT2D eigenvalue weighted by Crippen LogP contribution is 2.29. The van der Waals surface area contributed by atoms with Crippen molar-refractivity contribution in [3.63, 3.8) is 0 Å². The molecule has 0 saturated carbocycles. The zero-order valence-corrected chi connectivity index (χ0v) is 21.9. The van der Waals surface area contributed by atoms with Crippen molar-refractivity contribution in [3.05, 3.63) is 91.1 Å². The molecule has 0 fully saturated rings. The lowest BCUT2D eigenvalue weighted by atomic mass is 9.88. The molecule has 2 aromatic carbocycles. The molecular weight excluding hydrogens is 514 g/mol.